The van der Waals surface area contributed by atoms with Crippen molar-refractivity contribution in [2.45, 2.75) is 50.8 Å². The van der Waals surface area contributed by atoms with Crippen molar-refractivity contribution < 1.29 is 4.74 Å². The minimum atomic E-state index is 0.442. The van der Waals surface area contributed by atoms with E-state index >= 15 is 0 Å². The van der Waals surface area contributed by atoms with Crippen molar-refractivity contribution in [2.75, 3.05) is 26.7 Å². The molecule has 2 aliphatic heterocycles. The van der Waals surface area contributed by atoms with Crippen molar-refractivity contribution in [3.05, 3.63) is 0 Å². The summed E-state index contributed by atoms with van der Waals surface area (Å²) in [6.45, 7) is 5.86. The predicted octanol–water partition coefficient (Wildman–Crippen LogP) is 1.24. The van der Waals surface area contributed by atoms with Gasteiger partial charge in [0, 0.05) is 32.3 Å². The Bertz CT molecular complexity index is 198. The lowest BCUT2D eigenvalue weighted by atomic mass is 10.1. The number of methoxy groups -OCH3 is 1. The molecule has 88 valence electrons. The zero-order chi connectivity index (χ0) is 10.7. The summed E-state index contributed by atoms with van der Waals surface area (Å²) >= 11 is 0. The van der Waals surface area contributed by atoms with Crippen LogP contribution in [0.3, 0.4) is 0 Å². The molecule has 3 heteroatoms. The highest BCUT2D eigenvalue weighted by molar-refractivity contribution is 4.88. The molecule has 3 nitrogen and oxygen atoms in total. The average molecular weight is 212 g/mol. The third-order valence-electron chi connectivity index (χ3n) is 3.94. The van der Waals surface area contributed by atoms with E-state index in [-0.39, 0.29) is 0 Å². The Kier molecular flexibility index (Phi) is 4.00. The molecule has 2 aliphatic rings. The molecule has 0 aromatic rings. The molecule has 0 spiro atoms. The molecule has 0 saturated carbocycles. The first kappa shape index (κ1) is 11.4. The SMILES string of the molecule is CCC1CCCN1CC1CC(OC)CN1. The fourth-order valence-electron chi connectivity index (χ4n) is 2.98. The van der Waals surface area contributed by atoms with Crippen LogP contribution in [0.4, 0.5) is 0 Å². The molecule has 0 amide bonds. The predicted molar refractivity (Wildman–Crippen MR) is 62.1 cm³/mol. The highest BCUT2D eigenvalue weighted by Gasteiger charge is 2.29. The van der Waals surface area contributed by atoms with Gasteiger partial charge in [0.2, 0.25) is 0 Å². The molecule has 3 unspecified atom stereocenters. The van der Waals surface area contributed by atoms with E-state index in [9.17, 15) is 0 Å². The number of nitrogens with zero attached hydrogens (tertiary/aromatic N) is 1. The molecule has 2 fully saturated rings. The van der Waals surface area contributed by atoms with Crippen LogP contribution in [0.2, 0.25) is 0 Å². The van der Waals surface area contributed by atoms with Gasteiger partial charge in [0.25, 0.3) is 0 Å². The second-order valence-electron chi connectivity index (χ2n) is 4.90. The van der Waals surface area contributed by atoms with Crippen LogP contribution in [0, 0.1) is 0 Å². The maximum atomic E-state index is 5.38. The van der Waals surface area contributed by atoms with E-state index in [1.807, 2.05) is 7.11 Å². The van der Waals surface area contributed by atoms with E-state index in [0.717, 1.165) is 12.6 Å². The van der Waals surface area contributed by atoms with Gasteiger partial charge >= 0.3 is 0 Å². The summed E-state index contributed by atoms with van der Waals surface area (Å²) in [4.78, 5) is 2.66. The maximum Gasteiger partial charge on any atom is 0.0711 e. The standard InChI is InChI=1S/C12H24N2O/c1-3-11-5-4-6-14(11)9-10-7-12(15-2)8-13-10/h10-13H,3-9H2,1-2H3. The second kappa shape index (κ2) is 5.28. The quantitative estimate of drug-likeness (QED) is 0.759. The van der Waals surface area contributed by atoms with Crippen molar-refractivity contribution in [3.63, 3.8) is 0 Å². The lowest BCUT2D eigenvalue weighted by Crippen LogP contribution is -2.39. The van der Waals surface area contributed by atoms with Gasteiger partial charge in [-0.25, -0.2) is 0 Å². The lowest BCUT2D eigenvalue weighted by Gasteiger charge is -2.26. The third kappa shape index (κ3) is 2.71. The fourth-order valence-corrected chi connectivity index (χ4v) is 2.98. The minimum absolute atomic E-state index is 0.442. The Morgan fingerprint density at radius 1 is 1.47 bits per heavy atom. The van der Waals surface area contributed by atoms with Gasteiger partial charge in [-0.3, -0.25) is 4.90 Å². The summed E-state index contributed by atoms with van der Waals surface area (Å²) in [5.41, 5.74) is 0. The van der Waals surface area contributed by atoms with Crippen LogP contribution in [0.1, 0.15) is 32.6 Å². The molecule has 0 aromatic heterocycles. The van der Waals surface area contributed by atoms with Gasteiger partial charge in [-0.05, 0) is 32.2 Å². The largest absolute Gasteiger partial charge is 0.380 e. The molecule has 2 heterocycles. The Morgan fingerprint density at radius 2 is 2.33 bits per heavy atom. The summed E-state index contributed by atoms with van der Waals surface area (Å²) in [6, 6.07) is 1.50. The molecule has 0 radical (unpaired) electrons. The molecule has 2 saturated heterocycles. The average Bonchev–Trinajstić information content (AvgIpc) is 2.87. The van der Waals surface area contributed by atoms with Gasteiger partial charge in [0.15, 0.2) is 0 Å². The van der Waals surface area contributed by atoms with Crippen LogP contribution in [0.15, 0.2) is 0 Å². The van der Waals surface area contributed by atoms with E-state index in [2.05, 4.69) is 17.1 Å². The Balaban J connectivity index is 1.77. The number of hydrogen-bond donors (Lipinski definition) is 1. The van der Waals surface area contributed by atoms with E-state index in [1.165, 1.54) is 38.8 Å². The number of nitrogens with one attached hydrogen (secondary N) is 1. The van der Waals surface area contributed by atoms with Crippen molar-refractivity contribution in [1.29, 1.82) is 0 Å². The molecular formula is C12H24N2O. The third-order valence-corrected chi connectivity index (χ3v) is 3.94. The van der Waals surface area contributed by atoms with Crippen LogP contribution in [0.25, 0.3) is 0 Å². The first-order valence-corrected chi connectivity index (χ1v) is 6.33. The highest BCUT2D eigenvalue weighted by atomic mass is 16.5. The molecule has 2 rings (SSSR count). The van der Waals surface area contributed by atoms with Crippen molar-refractivity contribution in [3.8, 4) is 0 Å². The zero-order valence-electron chi connectivity index (χ0n) is 10.0. The number of rotatable bonds is 4. The van der Waals surface area contributed by atoms with E-state index < -0.39 is 0 Å². The summed E-state index contributed by atoms with van der Waals surface area (Å²) in [5, 5.41) is 3.56. The first-order valence-electron chi connectivity index (χ1n) is 6.33. The minimum Gasteiger partial charge on any atom is -0.380 e. The Morgan fingerprint density at radius 3 is 3.00 bits per heavy atom. The van der Waals surface area contributed by atoms with Crippen LogP contribution in [0.5, 0.6) is 0 Å². The normalized spacial score (nSPS) is 37.6. The van der Waals surface area contributed by atoms with Crippen LogP contribution in [-0.2, 0) is 4.74 Å². The fraction of sp³-hybridized carbons (Fsp3) is 1.00. The summed E-state index contributed by atoms with van der Waals surface area (Å²) < 4.78 is 5.38. The first-order chi connectivity index (χ1) is 7.33. The van der Waals surface area contributed by atoms with Gasteiger partial charge in [-0.15, -0.1) is 0 Å². The molecule has 15 heavy (non-hydrogen) atoms. The molecule has 0 aliphatic carbocycles. The van der Waals surface area contributed by atoms with E-state index in [0.29, 0.717) is 12.1 Å². The summed E-state index contributed by atoms with van der Waals surface area (Å²) in [6.07, 6.45) is 5.72. The summed E-state index contributed by atoms with van der Waals surface area (Å²) in [7, 11) is 1.82. The monoisotopic (exact) mass is 212 g/mol. The topological polar surface area (TPSA) is 24.5 Å². The van der Waals surface area contributed by atoms with Gasteiger partial charge < -0.3 is 10.1 Å². The zero-order valence-corrected chi connectivity index (χ0v) is 10.0. The smallest absolute Gasteiger partial charge is 0.0711 e. The van der Waals surface area contributed by atoms with Crippen LogP contribution < -0.4 is 5.32 Å². The Labute approximate surface area is 93.2 Å². The van der Waals surface area contributed by atoms with Crippen LogP contribution in [-0.4, -0.2) is 49.8 Å². The van der Waals surface area contributed by atoms with Gasteiger partial charge in [-0.2, -0.15) is 0 Å². The second-order valence-corrected chi connectivity index (χ2v) is 4.90. The van der Waals surface area contributed by atoms with E-state index in [4.69, 9.17) is 4.74 Å². The van der Waals surface area contributed by atoms with Crippen molar-refractivity contribution in [2.24, 2.45) is 0 Å². The molecule has 0 aromatic carbocycles. The van der Waals surface area contributed by atoms with E-state index in [1.54, 1.807) is 0 Å². The summed E-state index contributed by atoms with van der Waals surface area (Å²) in [5.74, 6) is 0. The maximum absolute atomic E-state index is 5.38. The van der Waals surface area contributed by atoms with Crippen molar-refractivity contribution >= 4 is 0 Å². The molecule has 1 N–H and O–H groups in total. The molecular weight excluding hydrogens is 188 g/mol. The van der Waals surface area contributed by atoms with Gasteiger partial charge in [0.1, 0.15) is 0 Å². The number of hydrogen-bond acceptors (Lipinski definition) is 3. The van der Waals surface area contributed by atoms with Crippen molar-refractivity contribution in [1.82, 2.24) is 10.2 Å². The Hall–Kier alpha value is -0.120. The van der Waals surface area contributed by atoms with Gasteiger partial charge in [-0.1, -0.05) is 6.92 Å². The molecule has 3 atom stereocenters. The number of likely N-dealkylation sites (tertiary alicyclic amines) is 1. The number of ether oxygens (including phenoxy) is 1. The highest BCUT2D eigenvalue weighted by Crippen LogP contribution is 2.21. The lowest BCUT2D eigenvalue weighted by molar-refractivity contribution is 0.115. The van der Waals surface area contributed by atoms with Crippen LogP contribution >= 0.6 is 0 Å². The van der Waals surface area contributed by atoms with Gasteiger partial charge in [0.05, 0.1) is 6.10 Å². The molecule has 0 bridgehead atoms.